The maximum Gasteiger partial charge on any atom is 0.0746 e. The second-order valence-corrected chi connectivity index (χ2v) is 18.2. The summed E-state index contributed by atoms with van der Waals surface area (Å²) in [6.45, 7) is 0. The Bertz CT molecular complexity index is 3770. The third-order valence-electron chi connectivity index (χ3n) is 14.1. The van der Waals surface area contributed by atoms with Crippen molar-refractivity contribution in [2.75, 3.05) is 4.90 Å². The van der Waals surface area contributed by atoms with Crippen LogP contribution in [0.25, 0.3) is 85.9 Å². The summed E-state index contributed by atoms with van der Waals surface area (Å²) in [6, 6.07) is 84.2. The highest BCUT2D eigenvalue weighted by atomic mass is 32.1. The first kappa shape index (κ1) is 34.9. The summed E-state index contributed by atoms with van der Waals surface area (Å²) in [4.78, 5) is 2.55. The highest BCUT2D eigenvalue weighted by molar-refractivity contribution is 7.25. The molecule has 0 saturated carbocycles. The van der Waals surface area contributed by atoms with Gasteiger partial charge in [-0.2, -0.15) is 0 Å². The van der Waals surface area contributed by atoms with E-state index in [4.69, 9.17) is 0 Å². The van der Waals surface area contributed by atoms with E-state index in [1.165, 1.54) is 114 Å². The van der Waals surface area contributed by atoms with Gasteiger partial charge in [-0.05, 0) is 125 Å². The molecule has 11 aromatic carbocycles. The minimum absolute atomic E-state index is 0.511. The number of anilines is 3. The first-order chi connectivity index (χ1) is 31.3. The van der Waals surface area contributed by atoms with Gasteiger partial charge in [0, 0.05) is 37.1 Å². The lowest BCUT2D eigenvalue weighted by atomic mass is 9.70. The lowest BCUT2D eigenvalue weighted by Crippen LogP contribution is -2.28. The Labute approximate surface area is 369 Å². The summed E-state index contributed by atoms with van der Waals surface area (Å²) in [7, 11) is 0. The molecule has 12 aromatic rings. The van der Waals surface area contributed by atoms with Gasteiger partial charge in [0.05, 0.1) is 11.1 Å². The molecule has 2 aliphatic rings. The van der Waals surface area contributed by atoms with Crippen molar-refractivity contribution in [2.45, 2.75) is 5.41 Å². The molecule has 0 bridgehead atoms. The summed E-state index contributed by atoms with van der Waals surface area (Å²) in [6.07, 6.45) is 0. The van der Waals surface area contributed by atoms with E-state index in [-0.39, 0.29) is 0 Å². The first-order valence-corrected chi connectivity index (χ1v) is 22.7. The smallest absolute Gasteiger partial charge is 0.0746 e. The van der Waals surface area contributed by atoms with Crippen molar-refractivity contribution < 1.29 is 0 Å². The summed E-state index contributed by atoms with van der Waals surface area (Å²) < 4.78 is 2.64. The average molecular weight is 816 g/mol. The van der Waals surface area contributed by atoms with Crippen molar-refractivity contribution in [1.29, 1.82) is 0 Å². The standard InChI is InChI=1S/C61H37NS/c1-2-17-44-42(15-1)43-16-3-4-18-45(43)52-37-40(35-36-46(44)52)62(39-33-31-38(32-34-39)41-23-14-30-58-59(41)51-22-8-12-29-57(51)63-58)56-28-13-24-50-49-21-7-11-27-55(49)61(60(50)56)53-25-9-5-19-47(53)48-20-6-10-26-54(48)61/h1-37H. The van der Waals surface area contributed by atoms with Crippen LogP contribution in [0.15, 0.2) is 224 Å². The molecule has 0 aliphatic heterocycles. The van der Waals surface area contributed by atoms with Gasteiger partial charge in [-0.15, -0.1) is 11.3 Å². The number of benzene rings is 11. The van der Waals surface area contributed by atoms with Crippen LogP contribution in [0, 0.1) is 0 Å². The normalized spacial score (nSPS) is 13.2. The van der Waals surface area contributed by atoms with Crippen LogP contribution in [-0.4, -0.2) is 0 Å². The Morgan fingerprint density at radius 1 is 0.317 bits per heavy atom. The molecule has 0 amide bonds. The van der Waals surface area contributed by atoms with Crippen LogP contribution in [0.5, 0.6) is 0 Å². The SMILES string of the molecule is c1ccc2c(c1)-c1ccccc1C21c2ccccc2-c2cccc(N(c3ccc(-c4cccc5sc6ccccc6c45)cc3)c3ccc4c5ccccc5c5ccccc5c4c3)c21. The van der Waals surface area contributed by atoms with Crippen LogP contribution in [0.3, 0.4) is 0 Å². The molecule has 2 aliphatic carbocycles. The second-order valence-electron chi connectivity index (χ2n) is 17.1. The quantitative estimate of drug-likeness (QED) is 0.160. The molecule has 0 unspecified atom stereocenters. The zero-order chi connectivity index (χ0) is 41.2. The van der Waals surface area contributed by atoms with Crippen LogP contribution in [-0.2, 0) is 5.41 Å². The topological polar surface area (TPSA) is 3.24 Å². The molecule has 1 spiro atoms. The van der Waals surface area contributed by atoms with Crippen LogP contribution in [0.4, 0.5) is 17.1 Å². The number of thiophene rings is 1. The van der Waals surface area contributed by atoms with Crippen molar-refractivity contribution >= 4 is 80.9 Å². The molecule has 2 heteroatoms. The van der Waals surface area contributed by atoms with Gasteiger partial charge in [0.2, 0.25) is 0 Å². The number of hydrogen-bond acceptors (Lipinski definition) is 2. The number of fused-ring (bicyclic) bond motifs is 19. The van der Waals surface area contributed by atoms with E-state index in [1.54, 1.807) is 0 Å². The molecule has 0 radical (unpaired) electrons. The third kappa shape index (κ3) is 4.71. The number of rotatable bonds is 4. The van der Waals surface area contributed by atoms with Gasteiger partial charge in [-0.3, -0.25) is 0 Å². The Morgan fingerprint density at radius 3 is 1.43 bits per heavy atom. The largest absolute Gasteiger partial charge is 0.310 e. The summed E-state index contributed by atoms with van der Waals surface area (Å²) in [5, 5.41) is 10.3. The van der Waals surface area contributed by atoms with E-state index in [0.717, 1.165) is 11.4 Å². The fourth-order valence-electron chi connectivity index (χ4n) is 11.6. The van der Waals surface area contributed by atoms with E-state index in [0.29, 0.717) is 0 Å². The van der Waals surface area contributed by atoms with Crippen LogP contribution in [0.1, 0.15) is 22.3 Å². The minimum Gasteiger partial charge on any atom is -0.310 e. The first-order valence-electron chi connectivity index (χ1n) is 21.8. The van der Waals surface area contributed by atoms with Gasteiger partial charge >= 0.3 is 0 Å². The average Bonchev–Trinajstić information content (AvgIpc) is 3.99. The molecule has 14 rings (SSSR count). The van der Waals surface area contributed by atoms with E-state index in [9.17, 15) is 0 Å². The molecular formula is C61H37NS. The zero-order valence-corrected chi connectivity index (χ0v) is 35.0. The minimum atomic E-state index is -0.511. The van der Waals surface area contributed by atoms with Crippen LogP contribution >= 0.6 is 11.3 Å². The Kier molecular flexibility index (Phi) is 7.26. The molecule has 1 aromatic heterocycles. The van der Waals surface area contributed by atoms with E-state index < -0.39 is 5.41 Å². The maximum atomic E-state index is 2.55. The number of nitrogens with zero attached hydrogens (tertiary/aromatic N) is 1. The van der Waals surface area contributed by atoms with Crippen molar-refractivity contribution in [3.05, 3.63) is 247 Å². The highest BCUT2D eigenvalue weighted by Gasteiger charge is 2.53. The maximum absolute atomic E-state index is 2.55. The molecule has 0 saturated heterocycles. The van der Waals surface area contributed by atoms with Gasteiger partial charge in [-0.1, -0.05) is 182 Å². The molecule has 1 heterocycles. The van der Waals surface area contributed by atoms with E-state index in [1.807, 2.05) is 11.3 Å². The van der Waals surface area contributed by atoms with Crippen molar-refractivity contribution in [3.63, 3.8) is 0 Å². The molecule has 0 atom stereocenters. The van der Waals surface area contributed by atoms with Gasteiger partial charge in [0.15, 0.2) is 0 Å². The predicted molar refractivity (Wildman–Crippen MR) is 268 cm³/mol. The molecular weight excluding hydrogens is 779 g/mol. The van der Waals surface area contributed by atoms with Gasteiger partial charge in [-0.25, -0.2) is 0 Å². The van der Waals surface area contributed by atoms with Gasteiger partial charge in [0.1, 0.15) is 0 Å². The lowest BCUT2D eigenvalue weighted by Gasteiger charge is -2.36. The monoisotopic (exact) mass is 815 g/mol. The molecule has 292 valence electrons. The fraction of sp³-hybridized carbons (Fsp3) is 0.0164. The van der Waals surface area contributed by atoms with Crippen molar-refractivity contribution in [1.82, 2.24) is 0 Å². The molecule has 63 heavy (non-hydrogen) atoms. The summed E-state index contributed by atoms with van der Waals surface area (Å²) in [5.41, 5.74) is 15.9. The Morgan fingerprint density at radius 2 is 0.778 bits per heavy atom. The molecule has 0 fully saturated rings. The van der Waals surface area contributed by atoms with Crippen LogP contribution < -0.4 is 4.90 Å². The zero-order valence-electron chi connectivity index (χ0n) is 34.2. The Balaban J connectivity index is 1.06. The highest BCUT2D eigenvalue weighted by Crippen LogP contribution is 2.65. The van der Waals surface area contributed by atoms with Gasteiger partial charge < -0.3 is 4.90 Å². The number of hydrogen-bond donors (Lipinski definition) is 0. The molecule has 0 N–H and O–H groups in total. The van der Waals surface area contributed by atoms with Gasteiger partial charge in [0.25, 0.3) is 0 Å². The summed E-state index contributed by atoms with van der Waals surface area (Å²) >= 11 is 1.87. The second kappa shape index (κ2) is 13.1. The lowest BCUT2D eigenvalue weighted by molar-refractivity contribution is 0.793. The predicted octanol–water partition coefficient (Wildman–Crippen LogP) is 17.0. The van der Waals surface area contributed by atoms with E-state index in [2.05, 4.69) is 229 Å². The van der Waals surface area contributed by atoms with Crippen molar-refractivity contribution in [3.8, 4) is 33.4 Å². The van der Waals surface area contributed by atoms with Crippen molar-refractivity contribution in [2.24, 2.45) is 0 Å². The third-order valence-corrected chi connectivity index (χ3v) is 15.2. The molecule has 1 nitrogen and oxygen atoms in total. The summed E-state index contributed by atoms with van der Waals surface area (Å²) in [5.74, 6) is 0. The van der Waals surface area contributed by atoms with Crippen LogP contribution in [0.2, 0.25) is 0 Å². The fourth-order valence-corrected chi connectivity index (χ4v) is 12.7. The van der Waals surface area contributed by atoms with E-state index >= 15 is 0 Å². The Hall–Kier alpha value is -7.78.